The number of benzene rings is 2. The lowest BCUT2D eigenvalue weighted by Crippen LogP contribution is -2.13. The lowest BCUT2D eigenvalue weighted by atomic mass is 10.1. The molecule has 170 valence electrons. The van der Waals surface area contributed by atoms with Gasteiger partial charge in [0.1, 0.15) is 40.7 Å². The highest BCUT2D eigenvalue weighted by Gasteiger charge is 2.15. The molecule has 0 saturated carbocycles. The number of hydrogen-bond acceptors (Lipinski definition) is 7. The summed E-state index contributed by atoms with van der Waals surface area (Å²) in [4.78, 5) is 12.4. The number of ether oxygens (including phenoxy) is 2. The van der Waals surface area contributed by atoms with E-state index in [0.717, 1.165) is 5.01 Å². The zero-order chi connectivity index (χ0) is 24.0. The number of nitrogens with zero attached hydrogens (tertiary/aromatic N) is 3. The van der Waals surface area contributed by atoms with E-state index in [-0.39, 0.29) is 22.2 Å². The Hall–Kier alpha value is -3.91. The van der Waals surface area contributed by atoms with Crippen molar-refractivity contribution in [3.8, 4) is 17.6 Å². The molecule has 1 N–H and O–H groups in total. The first kappa shape index (κ1) is 23.7. The van der Waals surface area contributed by atoms with Crippen molar-refractivity contribution in [2.75, 3.05) is 12.4 Å². The van der Waals surface area contributed by atoms with E-state index in [4.69, 9.17) is 9.47 Å². The normalized spacial score (nSPS) is 11.1. The van der Waals surface area contributed by atoms with E-state index in [1.807, 2.05) is 13.0 Å². The highest BCUT2D eigenvalue weighted by Crippen LogP contribution is 2.30. The van der Waals surface area contributed by atoms with E-state index in [0.29, 0.717) is 24.1 Å². The Kier molecular flexibility index (Phi) is 7.63. The second-order valence-electron chi connectivity index (χ2n) is 6.53. The molecule has 0 aliphatic carbocycles. The van der Waals surface area contributed by atoms with Crippen molar-refractivity contribution in [2.45, 2.75) is 20.0 Å². The number of amides is 1. The molecule has 0 spiro atoms. The average Bonchev–Trinajstić information content (AvgIpc) is 3.24. The zero-order valence-electron chi connectivity index (χ0n) is 17.5. The molecule has 1 heterocycles. The molecule has 33 heavy (non-hydrogen) atoms. The molecular formula is C22H17F3N4O3S. The molecule has 0 radical (unpaired) electrons. The minimum absolute atomic E-state index is 0.154. The number of carbonyl (C=O) groups excluding carboxylic acids is 1. The summed E-state index contributed by atoms with van der Waals surface area (Å²) in [6.45, 7) is 1.40. The SMILES string of the molecule is CCc1nnc(NC(=O)C(C#N)=Cc2ccc(OCc3c(F)cc(F)cc3F)c(OC)c2)s1. The topological polar surface area (TPSA) is 97.1 Å². The molecule has 0 atom stereocenters. The van der Waals surface area contributed by atoms with Gasteiger partial charge in [0, 0.05) is 12.1 Å². The average molecular weight is 474 g/mol. The number of rotatable bonds is 8. The van der Waals surface area contributed by atoms with Gasteiger partial charge in [-0.3, -0.25) is 10.1 Å². The quantitative estimate of drug-likeness (QED) is 0.377. The summed E-state index contributed by atoms with van der Waals surface area (Å²) < 4.78 is 51.4. The van der Waals surface area contributed by atoms with Crippen molar-refractivity contribution in [1.29, 1.82) is 5.26 Å². The second kappa shape index (κ2) is 10.6. The van der Waals surface area contributed by atoms with Crippen LogP contribution in [-0.4, -0.2) is 23.2 Å². The summed E-state index contributed by atoms with van der Waals surface area (Å²) in [5, 5.41) is 20.7. The molecule has 3 rings (SSSR count). The summed E-state index contributed by atoms with van der Waals surface area (Å²) in [5.41, 5.74) is -0.181. The number of anilines is 1. The summed E-state index contributed by atoms with van der Waals surface area (Å²) in [7, 11) is 1.35. The standard InChI is InChI=1S/C22H17F3N4O3S/c1-3-20-28-29-22(33-20)27-21(30)13(10-26)6-12-4-5-18(19(7-12)31-2)32-11-15-16(24)8-14(23)9-17(15)25/h4-9H,3,11H2,1-2H3,(H,27,29,30). The Labute approximate surface area is 191 Å². The minimum atomic E-state index is -1.07. The van der Waals surface area contributed by atoms with Gasteiger partial charge in [-0.15, -0.1) is 10.2 Å². The number of aryl methyl sites for hydroxylation is 1. The first-order valence-corrected chi connectivity index (χ1v) is 10.4. The Morgan fingerprint density at radius 3 is 2.52 bits per heavy atom. The van der Waals surface area contributed by atoms with Crippen LogP contribution >= 0.6 is 11.3 Å². The lowest BCUT2D eigenvalue weighted by molar-refractivity contribution is -0.112. The number of aromatic nitrogens is 2. The maximum atomic E-state index is 13.8. The molecule has 2 aromatic carbocycles. The predicted octanol–water partition coefficient (Wildman–Crippen LogP) is 4.65. The van der Waals surface area contributed by atoms with Gasteiger partial charge in [-0.1, -0.05) is 24.3 Å². The molecule has 7 nitrogen and oxygen atoms in total. The Morgan fingerprint density at radius 2 is 1.91 bits per heavy atom. The first-order chi connectivity index (χ1) is 15.8. The molecule has 0 fully saturated rings. The lowest BCUT2D eigenvalue weighted by Gasteiger charge is -2.12. The summed E-state index contributed by atoms with van der Waals surface area (Å²) in [6, 6.07) is 7.41. The van der Waals surface area contributed by atoms with Crippen molar-refractivity contribution in [1.82, 2.24) is 10.2 Å². The van der Waals surface area contributed by atoms with Gasteiger partial charge in [-0.2, -0.15) is 5.26 Å². The van der Waals surface area contributed by atoms with E-state index in [1.165, 1.54) is 42.7 Å². The molecule has 11 heteroatoms. The van der Waals surface area contributed by atoms with Crippen LogP contribution in [0.4, 0.5) is 18.3 Å². The van der Waals surface area contributed by atoms with Crippen LogP contribution in [0.1, 0.15) is 23.1 Å². The third-order valence-electron chi connectivity index (χ3n) is 4.33. The van der Waals surface area contributed by atoms with Gasteiger partial charge in [0.05, 0.1) is 12.7 Å². The fraction of sp³-hybridized carbons (Fsp3) is 0.182. The maximum Gasteiger partial charge on any atom is 0.268 e. The van der Waals surface area contributed by atoms with Crippen LogP contribution in [-0.2, 0) is 17.8 Å². The van der Waals surface area contributed by atoms with E-state index in [9.17, 15) is 23.2 Å². The molecule has 0 aliphatic heterocycles. The Morgan fingerprint density at radius 1 is 1.18 bits per heavy atom. The number of carbonyl (C=O) groups is 1. The van der Waals surface area contributed by atoms with Gasteiger partial charge in [0.15, 0.2) is 11.5 Å². The number of hydrogen-bond donors (Lipinski definition) is 1. The van der Waals surface area contributed by atoms with Crippen LogP contribution in [0.25, 0.3) is 6.08 Å². The van der Waals surface area contributed by atoms with Crippen LogP contribution in [0.3, 0.4) is 0 Å². The van der Waals surface area contributed by atoms with Gasteiger partial charge in [0.2, 0.25) is 5.13 Å². The highest BCUT2D eigenvalue weighted by atomic mass is 32.1. The largest absolute Gasteiger partial charge is 0.493 e. The fourth-order valence-electron chi connectivity index (χ4n) is 2.68. The first-order valence-electron chi connectivity index (χ1n) is 9.54. The smallest absolute Gasteiger partial charge is 0.268 e. The third kappa shape index (κ3) is 5.87. The van der Waals surface area contributed by atoms with Gasteiger partial charge in [-0.25, -0.2) is 13.2 Å². The predicted molar refractivity (Wildman–Crippen MR) is 115 cm³/mol. The van der Waals surface area contributed by atoms with Crippen molar-refractivity contribution in [2.24, 2.45) is 0 Å². The van der Waals surface area contributed by atoms with Gasteiger partial charge in [-0.05, 0) is 30.2 Å². The number of nitriles is 1. The molecule has 0 aliphatic rings. The second-order valence-corrected chi connectivity index (χ2v) is 7.59. The Bertz CT molecular complexity index is 1230. The zero-order valence-corrected chi connectivity index (χ0v) is 18.3. The van der Waals surface area contributed by atoms with Gasteiger partial charge < -0.3 is 9.47 Å². The molecule has 0 bridgehead atoms. The van der Waals surface area contributed by atoms with Crippen LogP contribution in [0.2, 0.25) is 0 Å². The van der Waals surface area contributed by atoms with Crippen molar-refractivity contribution >= 4 is 28.5 Å². The van der Waals surface area contributed by atoms with Crippen LogP contribution in [0.5, 0.6) is 11.5 Å². The number of methoxy groups -OCH3 is 1. The van der Waals surface area contributed by atoms with Gasteiger partial charge >= 0.3 is 0 Å². The Balaban J connectivity index is 1.77. The molecule has 1 aromatic heterocycles. The van der Waals surface area contributed by atoms with E-state index < -0.39 is 35.5 Å². The molecule has 1 amide bonds. The maximum absolute atomic E-state index is 13.8. The van der Waals surface area contributed by atoms with E-state index >= 15 is 0 Å². The van der Waals surface area contributed by atoms with Crippen LogP contribution < -0.4 is 14.8 Å². The third-order valence-corrected chi connectivity index (χ3v) is 5.31. The van der Waals surface area contributed by atoms with Crippen molar-refractivity contribution < 1.29 is 27.4 Å². The molecule has 0 saturated heterocycles. The van der Waals surface area contributed by atoms with Crippen molar-refractivity contribution in [3.63, 3.8) is 0 Å². The van der Waals surface area contributed by atoms with E-state index in [2.05, 4.69) is 15.5 Å². The highest BCUT2D eigenvalue weighted by molar-refractivity contribution is 7.15. The van der Waals surface area contributed by atoms with E-state index in [1.54, 1.807) is 0 Å². The number of nitrogens with one attached hydrogen (secondary N) is 1. The van der Waals surface area contributed by atoms with Crippen molar-refractivity contribution in [3.05, 3.63) is 69.5 Å². The summed E-state index contributed by atoms with van der Waals surface area (Å²) in [6.07, 6.45) is 2.01. The summed E-state index contributed by atoms with van der Waals surface area (Å²) in [5.74, 6) is -3.48. The van der Waals surface area contributed by atoms with Crippen LogP contribution in [0, 0.1) is 28.8 Å². The monoisotopic (exact) mass is 474 g/mol. The molecule has 0 unspecified atom stereocenters. The minimum Gasteiger partial charge on any atom is -0.493 e. The number of halogens is 3. The fourth-order valence-corrected chi connectivity index (χ4v) is 3.35. The van der Waals surface area contributed by atoms with Crippen LogP contribution in [0.15, 0.2) is 35.9 Å². The summed E-state index contributed by atoms with van der Waals surface area (Å²) >= 11 is 1.21. The molecular weight excluding hydrogens is 457 g/mol. The molecule has 3 aromatic rings. The van der Waals surface area contributed by atoms with Gasteiger partial charge in [0.25, 0.3) is 5.91 Å².